The number of aryl methyl sites for hydroxylation is 1. The molecule has 1 aromatic heterocycles. The van der Waals surface area contributed by atoms with Crippen LogP contribution in [0.3, 0.4) is 0 Å². The molecule has 3 heteroatoms. The summed E-state index contributed by atoms with van der Waals surface area (Å²) in [6.07, 6.45) is 4.35. The van der Waals surface area contributed by atoms with E-state index in [9.17, 15) is 4.79 Å². The van der Waals surface area contributed by atoms with Gasteiger partial charge in [-0.3, -0.25) is 4.79 Å². The van der Waals surface area contributed by atoms with Crippen LogP contribution in [0, 0.1) is 0 Å². The molecular formula is C9H12O3. The zero-order valence-corrected chi connectivity index (χ0v) is 7.08. The maximum Gasteiger partial charge on any atom is 0.306 e. The summed E-state index contributed by atoms with van der Waals surface area (Å²) in [6, 6.07) is 1.85. The van der Waals surface area contributed by atoms with E-state index in [1.54, 1.807) is 19.5 Å². The summed E-state index contributed by atoms with van der Waals surface area (Å²) >= 11 is 0. The van der Waals surface area contributed by atoms with Crippen LogP contribution in [0.5, 0.6) is 0 Å². The molecule has 3 nitrogen and oxygen atoms in total. The molecule has 1 rings (SSSR count). The first kappa shape index (κ1) is 8.84. The van der Waals surface area contributed by atoms with Crippen molar-refractivity contribution in [1.82, 2.24) is 0 Å². The van der Waals surface area contributed by atoms with Crippen LogP contribution in [0.4, 0.5) is 0 Å². The van der Waals surface area contributed by atoms with Crippen molar-refractivity contribution in [2.45, 2.75) is 19.8 Å². The van der Waals surface area contributed by atoms with Crippen molar-refractivity contribution >= 4 is 5.97 Å². The van der Waals surface area contributed by atoms with Crippen LogP contribution in [0.25, 0.3) is 0 Å². The average molecular weight is 168 g/mol. The Morgan fingerprint density at radius 2 is 2.50 bits per heavy atom. The van der Waals surface area contributed by atoms with E-state index in [-0.39, 0.29) is 5.97 Å². The highest BCUT2D eigenvalue weighted by molar-refractivity contribution is 5.69. The van der Waals surface area contributed by atoms with Crippen molar-refractivity contribution in [3.8, 4) is 0 Å². The Labute approximate surface area is 71.3 Å². The van der Waals surface area contributed by atoms with Gasteiger partial charge in [-0.05, 0) is 25.0 Å². The molecule has 66 valence electrons. The third-order valence-electron chi connectivity index (χ3n) is 1.50. The molecule has 0 saturated carbocycles. The molecule has 0 N–H and O–H groups in total. The molecule has 0 aliphatic heterocycles. The normalized spacial score (nSPS) is 9.75. The van der Waals surface area contributed by atoms with Crippen LogP contribution in [-0.2, 0) is 16.0 Å². The summed E-state index contributed by atoms with van der Waals surface area (Å²) < 4.78 is 9.63. The number of ether oxygens (including phenoxy) is 1. The van der Waals surface area contributed by atoms with Gasteiger partial charge in [0.25, 0.3) is 0 Å². The second-order valence-corrected chi connectivity index (χ2v) is 2.44. The molecule has 0 atom stereocenters. The molecule has 0 aliphatic rings. The van der Waals surface area contributed by atoms with E-state index < -0.39 is 0 Å². The fourth-order valence-electron chi connectivity index (χ4n) is 0.914. The van der Waals surface area contributed by atoms with Crippen molar-refractivity contribution in [1.29, 1.82) is 0 Å². The minimum absolute atomic E-state index is 0.154. The first-order chi connectivity index (χ1) is 5.83. The number of carbonyl (C=O) groups is 1. The molecule has 0 unspecified atom stereocenters. The van der Waals surface area contributed by atoms with E-state index in [0.717, 1.165) is 5.56 Å². The maximum absolute atomic E-state index is 10.9. The van der Waals surface area contributed by atoms with E-state index in [1.807, 2.05) is 6.07 Å². The third-order valence-corrected chi connectivity index (χ3v) is 1.50. The van der Waals surface area contributed by atoms with Gasteiger partial charge in [0.2, 0.25) is 0 Å². The van der Waals surface area contributed by atoms with Crippen molar-refractivity contribution < 1.29 is 13.9 Å². The van der Waals surface area contributed by atoms with Gasteiger partial charge in [0.05, 0.1) is 19.1 Å². The Balaban J connectivity index is 2.22. The van der Waals surface area contributed by atoms with E-state index in [1.165, 1.54) is 0 Å². The first-order valence-corrected chi connectivity index (χ1v) is 3.99. The minimum atomic E-state index is -0.154. The topological polar surface area (TPSA) is 39.4 Å². The lowest BCUT2D eigenvalue weighted by Crippen LogP contribution is -2.04. The fourth-order valence-corrected chi connectivity index (χ4v) is 0.914. The Morgan fingerprint density at radius 1 is 1.67 bits per heavy atom. The second kappa shape index (κ2) is 4.59. The van der Waals surface area contributed by atoms with Crippen molar-refractivity contribution in [3.63, 3.8) is 0 Å². The smallest absolute Gasteiger partial charge is 0.306 e. The van der Waals surface area contributed by atoms with Crippen molar-refractivity contribution in [3.05, 3.63) is 24.2 Å². The van der Waals surface area contributed by atoms with Crippen LogP contribution >= 0.6 is 0 Å². The molecule has 0 saturated heterocycles. The molecule has 1 aromatic rings. The molecule has 0 aliphatic carbocycles. The van der Waals surface area contributed by atoms with Crippen LogP contribution in [0.2, 0.25) is 0 Å². The first-order valence-electron chi connectivity index (χ1n) is 3.99. The van der Waals surface area contributed by atoms with E-state index >= 15 is 0 Å². The Bertz CT molecular complexity index is 226. The predicted molar refractivity (Wildman–Crippen MR) is 43.7 cm³/mol. The van der Waals surface area contributed by atoms with Crippen LogP contribution < -0.4 is 0 Å². The molecule has 1 heterocycles. The van der Waals surface area contributed by atoms with Crippen molar-refractivity contribution in [2.75, 3.05) is 6.61 Å². The summed E-state index contributed by atoms with van der Waals surface area (Å²) in [5, 5.41) is 0. The lowest BCUT2D eigenvalue weighted by molar-refractivity contribution is -0.143. The SMILES string of the molecule is CCOC(=O)CCc1ccoc1. The van der Waals surface area contributed by atoms with Gasteiger partial charge in [0.15, 0.2) is 0 Å². The summed E-state index contributed by atoms with van der Waals surface area (Å²) in [4.78, 5) is 10.9. The van der Waals surface area contributed by atoms with Crippen LogP contribution in [0.15, 0.2) is 23.0 Å². The summed E-state index contributed by atoms with van der Waals surface area (Å²) in [7, 11) is 0. The highest BCUT2D eigenvalue weighted by Crippen LogP contribution is 2.03. The largest absolute Gasteiger partial charge is 0.472 e. The van der Waals surface area contributed by atoms with E-state index in [4.69, 9.17) is 9.15 Å². The highest BCUT2D eigenvalue weighted by Gasteiger charge is 2.02. The zero-order valence-electron chi connectivity index (χ0n) is 7.08. The van der Waals surface area contributed by atoms with Crippen molar-refractivity contribution in [2.24, 2.45) is 0 Å². The maximum atomic E-state index is 10.9. The van der Waals surface area contributed by atoms with E-state index in [0.29, 0.717) is 19.4 Å². The Kier molecular flexibility index (Phi) is 3.38. The van der Waals surface area contributed by atoms with Gasteiger partial charge in [-0.1, -0.05) is 0 Å². The van der Waals surface area contributed by atoms with Gasteiger partial charge in [-0.2, -0.15) is 0 Å². The van der Waals surface area contributed by atoms with Crippen LogP contribution in [0.1, 0.15) is 18.9 Å². The quantitative estimate of drug-likeness (QED) is 0.643. The molecule has 0 radical (unpaired) electrons. The average Bonchev–Trinajstić information content (AvgIpc) is 2.53. The molecule has 0 spiro atoms. The van der Waals surface area contributed by atoms with Gasteiger partial charge >= 0.3 is 5.97 Å². The molecule has 0 aromatic carbocycles. The van der Waals surface area contributed by atoms with Gasteiger partial charge in [0.1, 0.15) is 0 Å². The Hall–Kier alpha value is -1.25. The highest BCUT2D eigenvalue weighted by atomic mass is 16.5. The number of esters is 1. The van der Waals surface area contributed by atoms with Gasteiger partial charge in [-0.25, -0.2) is 0 Å². The monoisotopic (exact) mass is 168 g/mol. The molecule has 0 amide bonds. The lowest BCUT2D eigenvalue weighted by atomic mass is 10.2. The summed E-state index contributed by atoms with van der Waals surface area (Å²) in [5.41, 5.74) is 1.03. The van der Waals surface area contributed by atoms with Crippen LogP contribution in [-0.4, -0.2) is 12.6 Å². The fraction of sp³-hybridized carbons (Fsp3) is 0.444. The zero-order chi connectivity index (χ0) is 8.81. The second-order valence-electron chi connectivity index (χ2n) is 2.44. The van der Waals surface area contributed by atoms with E-state index in [2.05, 4.69) is 0 Å². The molecule has 12 heavy (non-hydrogen) atoms. The molecule has 0 fully saturated rings. The number of furan rings is 1. The summed E-state index contributed by atoms with van der Waals surface area (Å²) in [6.45, 7) is 2.25. The standard InChI is InChI=1S/C9H12O3/c1-2-12-9(10)4-3-8-5-6-11-7-8/h5-7H,2-4H2,1H3. The number of carbonyl (C=O) groups excluding carboxylic acids is 1. The number of hydrogen-bond donors (Lipinski definition) is 0. The Morgan fingerprint density at radius 3 is 3.08 bits per heavy atom. The van der Waals surface area contributed by atoms with Gasteiger partial charge in [-0.15, -0.1) is 0 Å². The third kappa shape index (κ3) is 2.78. The number of rotatable bonds is 4. The van der Waals surface area contributed by atoms with Gasteiger partial charge < -0.3 is 9.15 Å². The number of hydrogen-bond acceptors (Lipinski definition) is 3. The van der Waals surface area contributed by atoms with Gasteiger partial charge in [0, 0.05) is 6.42 Å². The molecule has 0 bridgehead atoms. The minimum Gasteiger partial charge on any atom is -0.472 e. The lowest BCUT2D eigenvalue weighted by Gasteiger charge is -1.98. The molecular weight excluding hydrogens is 156 g/mol. The summed E-state index contributed by atoms with van der Waals surface area (Å²) in [5.74, 6) is -0.154. The predicted octanol–water partition coefficient (Wildman–Crippen LogP) is 1.78.